The quantitative estimate of drug-likeness (QED) is 0.310. The fourth-order valence-electron chi connectivity index (χ4n) is 8.74. The molecule has 3 aromatic rings. The van der Waals surface area contributed by atoms with Crippen LogP contribution in [0.15, 0.2) is 30.5 Å². The molecule has 4 aliphatic heterocycles. The number of rotatable bonds is 9. The fraction of sp³-hybridized carbons (Fsp3) is 0.639. The van der Waals surface area contributed by atoms with E-state index in [0.29, 0.717) is 24.3 Å². The molecule has 8 rings (SSSR count). The van der Waals surface area contributed by atoms with Gasteiger partial charge in [0.2, 0.25) is 0 Å². The lowest BCUT2D eigenvalue weighted by Crippen LogP contribution is -2.57. The number of carbonyl (C=O) groups excluding carboxylic acids is 1. The zero-order valence-electron chi connectivity index (χ0n) is 29.2. The van der Waals surface area contributed by atoms with E-state index < -0.39 is 11.8 Å². The smallest absolute Gasteiger partial charge is 0.271 e. The van der Waals surface area contributed by atoms with Crippen LogP contribution in [0.3, 0.4) is 0 Å². The largest absolute Gasteiger partial charge is 0.385 e. The summed E-state index contributed by atoms with van der Waals surface area (Å²) in [6.07, 6.45) is 6.79. The van der Waals surface area contributed by atoms with Crippen LogP contribution in [0.25, 0.3) is 5.65 Å². The number of aromatic nitrogens is 3. The number of nitrogens with one attached hydrogen (secondary N) is 3. The number of nitrogens with zero attached hydrogens (tertiary/aromatic N) is 7. The number of piperidine rings is 2. The summed E-state index contributed by atoms with van der Waals surface area (Å²) in [5.41, 5.74) is 5.34. The Morgan fingerprint density at radius 1 is 1.04 bits per heavy atom. The van der Waals surface area contributed by atoms with Gasteiger partial charge in [-0.05, 0) is 70.3 Å². The number of anilines is 4. The van der Waals surface area contributed by atoms with Crippen LogP contribution in [-0.2, 0) is 11.2 Å². The normalized spacial score (nSPS) is 26.2. The van der Waals surface area contributed by atoms with Gasteiger partial charge in [-0.2, -0.15) is 0 Å². The molecule has 3 saturated heterocycles. The van der Waals surface area contributed by atoms with Gasteiger partial charge in [0.05, 0.1) is 30.6 Å². The van der Waals surface area contributed by atoms with Crippen molar-refractivity contribution in [1.29, 1.82) is 0 Å². The van der Waals surface area contributed by atoms with E-state index in [1.807, 2.05) is 13.1 Å². The molecule has 0 unspecified atom stereocenters. The van der Waals surface area contributed by atoms with E-state index in [0.717, 1.165) is 102 Å². The first kappa shape index (κ1) is 33.5. The number of carbonyl (C=O) groups is 1. The highest BCUT2D eigenvalue weighted by molar-refractivity contribution is 5.94. The molecule has 1 amide bonds. The summed E-state index contributed by atoms with van der Waals surface area (Å²) >= 11 is 0. The monoisotopic (exact) mass is 692 g/mol. The number of ether oxygens (including phenoxy) is 1. The van der Waals surface area contributed by atoms with Gasteiger partial charge in [-0.15, -0.1) is 5.10 Å². The Balaban J connectivity index is 0.940. The van der Waals surface area contributed by atoms with Gasteiger partial charge < -0.3 is 30.5 Å². The molecule has 3 atom stereocenters. The standard InChI is InChI=1S/C36H50F2N10O2/c1-39-28-20-33(43-48-31(21-41-34(28)48)35(49)42-27-6-7-32(27)50-2)47-15-11-26-29(4-3-5-30(26)47)45-18-16-44(17-19-45)22-24-10-14-46(23-36(24,37)38)25-8-12-40-13-9-25/h3-5,20-21,24-25,27,32,39-40H,6-19,22-23H2,1-2H3,(H,42,49)/t24-,27+,32+/m0/s1. The Hall–Kier alpha value is -3.59. The summed E-state index contributed by atoms with van der Waals surface area (Å²) < 4.78 is 38.0. The molecule has 1 saturated carbocycles. The molecule has 0 radical (unpaired) electrons. The summed E-state index contributed by atoms with van der Waals surface area (Å²) in [5.74, 6) is -2.72. The molecule has 5 aliphatic rings. The minimum atomic E-state index is -2.65. The molecule has 1 aromatic carbocycles. The van der Waals surface area contributed by atoms with Crippen LogP contribution in [-0.4, -0.2) is 134 Å². The Bertz CT molecular complexity index is 1690. The summed E-state index contributed by atoms with van der Waals surface area (Å²) in [7, 11) is 3.52. The maximum Gasteiger partial charge on any atom is 0.271 e. The Morgan fingerprint density at radius 2 is 1.84 bits per heavy atom. The highest BCUT2D eigenvalue weighted by Crippen LogP contribution is 2.41. The molecular formula is C36H50F2N10O2. The van der Waals surface area contributed by atoms with Gasteiger partial charge in [0.25, 0.3) is 11.8 Å². The third-order valence-corrected chi connectivity index (χ3v) is 11.9. The molecule has 0 bridgehead atoms. The van der Waals surface area contributed by atoms with E-state index in [4.69, 9.17) is 9.84 Å². The van der Waals surface area contributed by atoms with Crippen LogP contribution in [0.4, 0.5) is 31.7 Å². The van der Waals surface area contributed by atoms with Crippen LogP contribution < -0.4 is 25.8 Å². The molecule has 14 heteroatoms. The van der Waals surface area contributed by atoms with Crippen molar-refractivity contribution in [3.8, 4) is 0 Å². The van der Waals surface area contributed by atoms with Crippen LogP contribution >= 0.6 is 0 Å². The van der Waals surface area contributed by atoms with Gasteiger partial charge in [-0.3, -0.25) is 14.6 Å². The molecule has 2 aromatic heterocycles. The van der Waals surface area contributed by atoms with Gasteiger partial charge in [0.15, 0.2) is 17.2 Å². The van der Waals surface area contributed by atoms with Crippen molar-refractivity contribution < 1.29 is 18.3 Å². The van der Waals surface area contributed by atoms with Crippen LogP contribution in [0.1, 0.15) is 48.2 Å². The number of halogens is 2. The number of likely N-dealkylation sites (tertiary alicyclic amines) is 1. The van der Waals surface area contributed by atoms with Crippen LogP contribution in [0.5, 0.6) is 0 Å². The second-order valence-corrected chi connectivity index (χ2v) is 14.6. The number of methoxy groups -OCH3 is 1. The van der Waals surface area contributed by atoms with Gasteiger partial charge >= 0.3 is 0 Å². The third kappa shape index (κ3) is 6.28. The molecule has 6 heterocycles. The van der Waals surface area contributed by atoms with Gasteiger partial charge in [-0.25, -0.2) is 18.3 Å². The first-order chi connectivity index (χ1) is 24.3. The molecule has 4 fully saturated rings. The zero-order chi connectivity index (χ0) is 34.4. The molecule has 12 nitrogen and oxygen atoms in total. The van der Waals surface area contributed by atoms with E-state index in [9.17, 15) is 4.79 Å². The van der Waals surface area contributed by atoms with Gasteiger partial charge in [0.1, 0.15) is 0 Å². The van der Waals surface area contributed by atoms with E-state index in [-0.39, 0.29) is 30.6 Å². The highest BCUT2D eigenvalue weighted by atomic mass is 19.3. The average molecular weight is 693 g/mol. The van der Waals surface area contributed by atoms with E-state index in [1.165, 1.54) is 11.3 Å². The second kappa shape index (κ2) is 13.9. The predicted molar refractivity (Wildman–Crippen MR) is 190 cm³/mol. The van der Waals surface area contributed by atoms with Gasteiger partial charge in [0, 0.05) is 88.4 Å². The molecule has 3 N–H and O–H groups in total. The molecule has 0 spiro atoms. The predicted octanol–water partition coefficient (Wildman–Crippen LogP) is 3.20. The fourth-order valence-corrected chi connectivity index (χ4v) is 8.74. The Kier molecular flexibility index (Phi) is 9.29. The number of piperazine rings is 1. The molecular weight excluding hydrogens is 642 g/mol. The molecule has 50 heavy (non-hydrogen) atoms. The number of fused-ring (bicyclic) bond motifs is 2. The van der Waals surface area contributed by atoms with Crippen molar-refractivity contribution >= 4 is 34.4 Å². The maximum absolute atomic E-state index is 15.4. The lowest BCUT2D eigenvalue weighted by atomic mass is 9.89. The van der Waals surface area contributed by atoms with Crippen LogP contribution in [0, 0.1) is 5.92 Å². The Labute approximate surface area is 292 Å². The van der Waals surface area contributed by atoms with Crippen molar-refractivity contribution in [2.45, 2.75) is 62.6 Å². The van der Waals surface area contributed by atoms with Crippen molar-refractivity contribution in [2.24, 2.45) is 5.92 Å². The Morgan fingerprint density at radius 3 is 2.56 bits per heavy atom. The maximum atomic E-state index is 15.4. The van der Waals surface area contributed by atoms with Crippen molar-refractivity contribution in [1.82, 2.24) is 35.0 Å². The summed E-state index contributed by atoms with van der Waals surface area (Å²) in [4.78, 5) is 26.8. The van der Waals surface area contributed by atoms with E-state index in [1.54, 1.807) is 17.8 Å². The summed E-state index contributed by atoms with van der Waals surface area (Å²) in [5, 5.41) is 14.6. The number of benzene rings is 1. The minimum absolute atomic E-state index is 0.0148. The highest BCUT2D eigenvalue weighted by Gasteiger charge is 2.46. The molecule has 1 aliphatic carbocycles. The number of hydrogen-bond donors (Lipinski definition) is 3. The van der Waals surface area contributed by atoms with E-state index >= 15 is 8.78 Å². The minimum Gasteiger partial charge on any atom is -0.385 e. The van der Waals surface area contributed by atoms with Crippen molar-refractivity contribution in [2.75, 3.05) is 94.7 Å². The topological polar surface area (TPSA) is 106 Å². The SMILES string of the molecule is CNc1cc(N2CCc3c(N4CCN(C[C@@H]5CCN(C6CCNCC6)CC5(F)F)CC4)cccc32)nn2c(C(=O)N[C@@H]3CC[C@H]3OC)cnc12. The lowest BCUT2D eigenvalue weighted by Gasteiger charge is -2.45. The van der Waals surface area contributed by atoms with Gasteiger partial charge in [-0.1, -0.05) is 6.07 Å². The van der Waals surface area contributed by atoms with E-state index in [2.05, 4.69) is 58.7 Å². The van der Waals surface area contributed by atoms with Crippen molar-refractivity contribution in [3.05, 3.63) is 41.7 Å². The molecule has 270 valence electrons. The number of imidazole rings is 1. The summed E-state index contributed by atoms with van der Waals surface area (Å²) in [6, 6.07) is 8.67. The second-order valence-electron chi connectivity index (χ2n) is 14.6. The first-order valence-corrected chi connectivity index (χ1v) is 18.4. The number of amides is 1. The lowest BCUT2D eigenvalue weighted by molar-refractivity contribution is -0.128. The summed E-state index contributed by atoms with van der Waals surface area (Å²) in [6.45, 7) is 6.92. The number of hydrogen-bond acceptors (Lipinski definition) is 10. The average Bonchev–Trinajstić information content (AvgIpc) is 3.76. The third-order valence-electron chi connectivity index (χ3n) is 11.9. The van der Waals surface area contributed by atoms with Crippen LogP contribution in [0.2, 0.25) is 0 Å². The number of alkyl halides is 2. The first-order valence-electron chi connectivity index (χ1n) is 18.4. The van der Waals surface area contributed by atoms with Crippen molar-refractivity contribution in [3.63, 3.8) is 0 Å². The zero-order valence-corrected chi connectivity index (χ0v) is 29.2.